The topological polar surface area (TPSA) is 64.3 Å². The molecule has 0 unspecified atom stereocenters. The summed E-state index contributed by atoms with van der Waals surface area (Å²) in [5.41, 5.74) is 7.06. The van der Waals surface area contributed by atoms with Gasteiger partial charge in [0.25, 0.3) is 0 Å². The third-order valence-electron chi connectivity index (χ3n) is 3.26. The fourth-order valence-corrected chi connectivity index (χ4v) is 2.08. The van der Waals surface area contributed by atoms with E-state index in [1.807, 2.05) is 12.1 Å². The standard InChI is InChI=1S/C17H28N2O2/c1-2-3-4-5-6-12-21-13-8-11-17(20)19-16-10-7-9-15(18)14-16/h7,9-10,14H,2-6,8,11-13,18H2,1H3,(H,19,20). The molecule has 21 heavy (non-hydrogen) atoms. The molecular formula is C17H28N2O2. The zero-order chi connectivity index (χ0) is 15.3. The van der Waals surface area contributed by atoms with E-state index < -0.39 is 0 Å². The van der Waals surface area contributed by atoms with Crippen molar-refractivity contribution < 1.29 is 9.53 Å². The molecule has 0 heterocycles. The number of nitrogens with two attached hydrogens (primary N) is 1. The van der Waals surface area contributed by atoms with Gasteiger partial charge in [-0.1, -0.05) is 38.7 Å². The fourth-order valence-electron chi connectivity index (χ4n) is 2.08. The molecule has 4 heteroatoms. The van der Waals surface area contributed by atoms with Crippen molar-refractivity contribution in [3.63, 3.8) is 0 Å². The van der Waals surface area contributed by atoms with Gasteiger partial charge in [-0.05, 0) is 31.0 Å². The largest absolute Gasteiger partial charge is 0.399 e. The molecule has 4 nitrogen and oxygen atoms in total. The Morgan fingerprint density at radius 3 is 2.67 bits per heavy atom. The van der Waals surface area contributed by atoms with Gasteiger partial charge in [0, 0.05) is 31.0 Å². The van der Waals surface area contributed by atoms with Gasteiger partial charge >= 0.3 is 0 Å². The van der Waals surface area contributed by atoms with E-state index in [2.05, 4.69) is 12.2 Å². The van der Waals surface area contributed by atoms with Crippen molar-refractivity contribution in [1.29, 1.82) is 0 Å². The number of nitrogens with one attached hydrogen (secondary N) is 1. The van der Waals surface area contributed by atoms with E-state index in [4.69, 9.17) is 10.5 Å². The number of benzene rings is 1. The summed E-state index contributed by atoms with van der Waals surface area (Å²) in [7, 11) is 0. The minimum atomic E-state index is 0.00662. The van der Waals surface area contributed by atoms with Gasteiger partial charge < -0.3 is 15.8 Å². The highest BCUT2D eigenvalue weighted by Gasteiger charge is 2.02. The molecule has 118 valence electrons. The van der Waals surface area contributed by atoms with E-state index in [1.165, 1.54) is 25.7 Å². The summed E-state index contributed by atoms with van der Waals surface area (Å²) in [6, 6.07) is 7.21. The zero-order valence-corrected chi connectivity index (χ0v) is 13.1. The van der Waals surface area contributed by atoms with E-state index >= 15 is 0 Å². The summed E-state index contributed by atoms with van der Waals surface area (Å²) < 4.78 is 5.53. The summed E-state index contributed by atoms with van der Waals surface area (Å²) in [6.07, 6.45) is 7.46. The Morgan fingerprint density at radius 2 is 1.90 bits per heavy atom. The SMILES string of the molecule is CCCCCCCOCCCC(=O)Nc1cccc(N)c1. The summed E-state index contributed by atoms with van der Waals surface area (Å²) in [5, 5.41) is 2.83. The molecule has 3 N–H and O–H groups in total. The van der Waals surface area contributed by atoms with Gasteiger partial charge in [0.2, 0.25) is 5.91 Å². The van der Waals surface area contributed by atoms with Crippen molar-refractivity contribution in [3.05, 3.63) is 24.3 Å². The van der Waals surface area contributed by atoms with E-state index in [-0.39, 0.29) is 5.91 Å². The van der Waals surface area contributed by atoms with Crippen LogP contribution in [0.3, 0.4) is 0 Å². The van der Waals surface area contributed by atoms with Crippen LogP contribution in [0, 0.1) is 0 Å². The number of unbranched alkanes of at least 4 members (excludes halogenated alkanes) is 4. The molecule has 0 fully saturated rings. The average Bonchev–Trinajstić information content (AvgIpc) is 2.45. The van der Waals surface area contributed by atoms with E-state index in [0.717, 1.165) is 25.1 Å². The van der Waals surface area contributed by atoms with Crippen LogP contribution in [0.5, 0.6) is 0 Å². The van der Waals surface area contributed by atoms with Gasteiger partial charge in [-0.3, -0.25) is 4.79 Å². The third-order valence-corrected chi connectivity index (χ3v) is 3.26. The minimum absolute atomic E-state index is 0.00662. The second kappa shape index (κ2) is 11.1. The Labute approximate surface area is 128 Å². The van der Waals surface area contributed by atoms with Crippen LogP contribution >= 0.6 is 0 Å². The molecule has 0 radical (unpaired) electrons. The lowest BCUT2D eigenvalue weighted by atomic mass is 10.2. The van der Waals surface area contributed by atoms with Crippen molar-refractivity contribution in [2.24, 2.45) is 0 Å². The molecule has 0 bridgehead atoms. The lowest BCUT2D eigenvalue weighted by Crippen LogP contribution is -2.12. The quantitative estimate of drug-likeness (QED) is 0.479. The normalized spacial score (nSPS) is 10.5. The zero-order valence-electron chi connectivity index (χ0n) is 13.1. The molecular weight excluding hydrogens is 264 g/mol. The summed E-state index contributed by atoms with van der Waals surface area (Å²) in [5.74, 6) is 0.00662. The second-order valence-electron chi connectivity index (χ2n) is 5.30. The van der Waals surface area contributed by atoms with Gasteiger partial charge in [-0.2, -0.15) is 0 Å². The van der Waals surface area contributed by atoms with Crippen molar-refractivity contribution in [2.75, 3.05) is 24.3 Å². The maximum Gasteiger partial charge on any atom is 0.224 e. The van der Waals surface area contributed by atoms with Gasteiger partial charge in [-0.25, -0.2) is 0 Å². The molecule has 0 aromatic heterocycles. The summed E-state index contributed by atoms with van der Waals surface area (Å²) in [6.45, 7) is 3.67. The number of carbonyl (C=O) groups excluding carboxylic acids is 1. The number of hydrogen-bond donors (Lipinski definition) is 2. The molecule has 1 amide bonds. The van der Waals surface area contributed by atoms with Crippen LogP contribution in [0.1, 0.15) is 51.9 Å². The molecule has 0 aliphatic carbocycles. The lowest BCUT2D eigenvalue weighted by Gasteiger charge is -2.06. The molecule has 0 aliphatic heterocycles. The predicted octanol–water partition coefficient (Wildman–Crippen LogP) is 3.97. The first-order valence-corrected chi connectivity index (χ1v) is 7.95. The van der Waals surface area contributed by atoms with Crippen LogP contribution in [0.2, 0.25) is 0 Å². The second-order valence-corrected chi connectivity index (χ2v) is 5.30. The van der Waals surface area contributed by atoms with Crippen molar-refractivity contribution in [2.45, 2.75) is 51.9 Å². The number of hydrogen-bond acceptors (Lipinski definition) is 3. The summed E-state index contributed by atoms with van der Waals surface area (Å²) in [4.78, 5) is 11.7. The van der Waals surface area contributed by atoms with E-state index in [1.54, 1.807) is 12.1 Å². The van der Waals surface area contributed by atoms with Gasteiger partial charge in [-0.15, -0.1) is 0 Å². The van der Waals surface area contributed by atoms with Crippen LogP contribution in [0.4, 0.5) is 11.4 Å². The van der Waals surface area contributed by atoms with Crippen molar-refractivity contribution >= 4 is 17.3 Å². The average molecular weight is 292 g/mol. The summed E-state index contributed by atoms with van der Waals surface area (Å²) >= 11 is 0. The first-order chi connectivity index (χ1) is 10.2. The van der Waals surface area contributed by atoms with Crippen LogP contribution in [0.15, 0.2) is 24.3 Å². The smallest absolute Gasteiger partial charge is 0.224 e. The monoisotopic (exact) mass is 292 g/mol. The molecule has 0 spiro atoms. The van der Waals surface area contributed by atoms with Gasteiger partial charge in [0.05, 0.1) is 0 Å². The molecule has 0 saturated carbocycles. The van der Waals surface area contributed by atoms with Gasteiger partial charge in [0.1, 0.15) is 0 Å². The number of rotatable bonds is 11. The lowest BCUT2D eigenvalue weighted by molar-refractivity contribution is -0.116. The van der Waals surface area contributed by atoms with Gasteiger partial charge in [0.15, 0.2) is 0 Å². The Morgan fingerprint density at radius 1 is 1.14 bits per heavy atom. The highest BCUT2D eigenvalue weighted by atomic mass is 16.5. The van der Waals surface area contributed by atoms with Crippen LogP contribution < -0.4 is 11.1 Å². The maximum absolute atomic E-state index is 11.7. The highest BCUT2D eigenvalue weighted by molar-refractivity contribution is 5.91. The van der Waals surface area contributed by atoms with Crippen LogP contribution in [0.25, 0.3) is 0 Å². The molecule has 1 aromatic carbocycles. The van der Waals surface area contributed by atoms with Crippen molar-refractivity contribution in [1.82, 2.24) is 0 Å². The number of nitrogen functional groups attached to an aromatic ring is 1. The Kier molecular flexibility index (Phi) is 9.29. The first-order valence-electron chi connectivity index (χ1n) is 7.95. The maximum atomic E-state index is 11.7. The van der Waals surface area contributed by atoms with Crippen LogP contribution in [-0.4, -0.2) is 19.1 Å². The fraction of sp³-hybridized carbons (Fsp3) is 0.588. The molecule has 0 aliphatic rings. The molecule has 1 rings (SSSR count). The first kappa shape index (κ1) is 17.5. The number of ether oxygens (including phenoxy) is 1. The number of anilines is 2. The number of amides is 1. The Balaban J connectivity index is 1.99. The molecule has 0 saturated heterocycles. The van der Waals surface area contributed by atoms with E-state index in [9.17, 15) is 4.79 Å². The predicted molar refractivity (Wildman–Crippen MR) is 88.3 cm³/mol. The molecule has 0 atom stereocenters. The van der Waals surface area contributed by atoms with E-state index in [0.29, 0.717) is 18.7 Å². The molecule has 1 aromatic rings. The van der Waals surface area contributed by atoms with Crippen molar-refractivity contribution in [3.8, 4) is 0 Å². The Hall–Kier alpha value is -1.55. The highest BCUT2D eigenvalue weighted by Crippen LogP contribution is 2.12. The minimum Gasteiger partial charge on any atom is -0.399 e. The Bertz CT molecular complexity index is 408. The van der Waals surface area contributed by atoms with Crippen LogP contribution in [-0.2, 0) is 9.53 Å². The third kappa shape index (κ3) is 9.08. The number of carbonyl (C=O) groups is 1.